The molecule has 13 heavy (non-hydrogen) atoms. The van der Waals surface area contributed by atoms with Gasteiger partial charge >= 0.3 is 5.97 Å². The molecule has 1 saturated heterocycles. The van der Waals surface area contributed by atoms with E-state index >= 15 is 0 Å². The topological polar surface area (TPSA) is 56.8 Å². The van der Waals surface area contributed by atoms with Gasteiger partial charge in [0.2, 0.25) is 0 Å². The van der Waals surface area contributed by atoms with Crippen LogP contribution in [0.1, 0.15) is 0 Å². The third-order valence-corrected chi connectivity index (χ3v) is 2.26. The fourth-order valence-electron chi connectivity index (χ4n) is 1.54. The Bertz CT molecular complexity index is 185. The van der Waals surface area contributed by atoms with Gasteiger partial charge in [0, 0.05) is 20.8 Å². The second kappa shape index (κ2) is 4.55. The van der Waals surface area contributed by atoms with Gasteiger partial charge in [-0.2, -0.15) is 0 Å². The fourth-order valence-corrected chi connectivity index (χ4v) is 1.54. The second-order valence-corrected chi connectivity index (χ2v) is 2.88. The van der Waals surface area contributed by atoms with Crippen LogP contribution in [-0.2, 0) is 19.0 Å². The van der Waals surface area contributed by atoms with Crippen LogP contribution < -0.4 is 5.32 Å². The molecule has 0 bridgehead atoms. The van der Waals surface area contributed by atoms with Crippen LogP contribution in [0.5, 0.6) is 0 Å². The Hall–Kier alpha value is -0.650. The summed E-state index contributed by atoms with van der Waals surface area (Å²) in [5.74, 6) is -0.314. The van der Waals surface area contributed by atoms with Gasteiger partial charge in [-0.05, 0) is 0 Å². The number of nitrogens with one attached hydrogen (secondary N) is 1. The van der Waals surface area contributed by atoms with Gasteiger partial charge in [-0.25, -0.2) is 0 Å². The lowest BCUT2D eigenvalue weighted by molar-refractivity contribution is -0.147. The fraction of sp³-hybridized carbons (Fsp3) is 0.875. The van der Waals surface area contributed by atoms with Crippen LogP contribution in [0.25, 0.3) is 0 Å². The van der Waals surface area contributed by atoms with E-state index < -0.39 is 6.04 Å². The highest BCUT2D eigenvalue weighted by molar-refractivity contribution is 5.77. The molecule has 76 valence electrons. The number of ether oxygens (including phenoxy) is 3. The molecule has 0 spiro atoms. The lowest BCUT2D eigenvalue weighted by Crippen LogP contribution is -2.42. The van der Waals surface area contributed by atoms with Crippen LogP contribution in [0.3, 0.4) is 0 Å². The van der Waals surface area contributed by atoms with Crippen molar-refractivity contribution in [2.45, 2.75) is 18.2 Å². The molecule has 0 aromatic carbocycles. The summed E-state index contributed by atoms with van der Waals surface area (Å²) in [5.41, 5.74) is 0. The van der Waals surface area contributed by atoms with Crippen molar-refractivity contribution in [2.24, 2.45) is 0 Å². The van der Waals surface area contributed by atoms with E-state index in [0.717, 1.165) is 0 Å². The Morgan fingerprint density at radius 3 is 2.46 bits per heavy atom. The maximum Gasteiger partial charge on any atom is 0.325 e. The smallest absolute Gasteiger partial charge is 0.325 e. The summed E-state index contributed by atoms with van der Waals surface area (Å²) in [6, 6.07) is -0.417. The summed E-state index contributed by atoms with van der Waals surface area (Å²) in [5, 5.41) is 2.98. The lowest BCUT2D eigenvalue weighted by atomic mass is 10.1. The molecule has 0 saturated carbocycles. The quantitative estimate of drug-likeness (QED) is 0.587. The molecule has 0 aromatic rings. The minimum absolute atomic E-state index is 0.0888. The summed E-state index contributed by atoms with van der Waals surface area (Å²) >= 11 is 0. The third kappa shape index (κ3) is 1.99. The second-order valence-electron chi connectivity index (χ2n) is 2.88. The number of carbonyl (C=O) groups is 1. The first-order valence-corrected chi connectivity index (χ1v) is 4.11. The van der Waals surface area contributed by atoms with E-state index in [4.69, 9.17) is 9.47 Å². The molecule has 5 heteroatoms. The number of esters is 1. The molecule has 1 aliphatic rings. The zero-order chi connectivity index (χ0) is 9.84. The highest BCUT2D eigenvalue weighted by Crippen LogP contribution is 2.14. The summed E-state index contributed by atoms with van der Waals surface area (Å²) in [6.07, 6.45) is -0.355. The molecule has 0 aromatic heterocycles. The van der Waals surface area contributed by atoms with Gasteiger partial charge in [0.1, 0.15) is 12.1 Å². The SMILES string of the molecule is COC(=O)[C@H]1NC[C@H](OC)[C@@H]1OC. The van der Waals surface area contributed by atoms with Crippen LogP contribution in [-0.4, -0.2) is 52.1 Å². The van der Waals surface area contributed by atoms with Crippen LogP contribution in [0.2, 0.25) is 0 Å². The van der Waals surface area contributed by atoms with E-state index in [-0.39, 0.29) is 18.2 Å². The van der Waals surface area contributed by atoms with Crippen molar-refractivity contribution >= 4 is 5.97 Å². The summed E-state index contributed by atoms with van der Waals surface area (Å²) in [7, 11) is 4.51. The number of rotatable bonds is 3. The molecule has 5 nitrogen and oxygen atoms in total. The van der Waals surface area contributed by atoms with Gasteiger partial charge in [0.25, 0.3) is 0 Å². The molecule has 1 aliphatic heterocycles. The minimum Gasteiger partial charge on any atom is -0.468 e. The van der Waals surface area contributed by atoms with E-state index in [1.54, 1.807) is 14.2 Å². The number of carbonyl (C=O) groups excluding carboxylic acids is 1. The summed E-state index contributed by atoms with van der Waals surface area (Å²) < 4.78 is 14.9. The molecular formula is C8H15NO4. The first-order valence-electron chi connectivity index (χ1n) is 4.11. The number of hydrogen-bond donors (Lipinski definition) is 1. The van der Waals surface area contributed by atoms with Crippen molar-refractivity contribution in [3.63, 3.8) is 0 Å². The molecule has 0 aliphatic carbocycles. The van der Waals surface area contributed by atoms with Gasteiger partial charge < -0.3 is 14.2 Å². The first kappa shape index (κ1) is 10.4. The van der Waals surface area contributed by atoms with Crippen molar-refractivity contribution in [3.05, 3.63) is 0 Å². The standard InChI is InChI=1S/C8H15NO4/c1-11-5-4-9-6(7(5)12-2)8(10)13-3/h5-7,9H,4H2,1-3H3/t5-,6-,7-/m0/s1. The Labute approximate surface area is 77.3 Å². The Morgan fingerprint density at radius 2 is 2.00 bits per heavy atom. The Kier molecular flexibility index (Phi) is 3.65. The van der Waals surface area contributed by atoms with E-state index in [1.807, 2.05) is 0 Å². The monoisotopic (exact) mass is 189 g/mol. The maximum atomic E-state index is 11.2. The van der Waals surface area contributed by atoms with Crippen LogP contribution >= 0.6 is 0 Å². The molecule has 1 N–H and O–H groups in total. The number of hydrogen-bond acceptors (Lipinski definition) is 5. The predicted molar refractivity (Wildman–Crippen MR) is 45.4 cm³/mol. The van der Waals surface area contributed by atoms with Crippen molar-refractivity contribution in [1.82, 2.24) is 5.32 Å². The first-order chi connectivity index (χ1) is 6.24. The van der Waals surface area contributed by atoms with E-state index in [1.165, 1.54) is 7.11 Å². The van der Waals surface area contributed by atoms with Crippen LogP contribution in [0.15, 0.2) is 0 Å². The zero-order valence-corrected chi connectivity index (χ0v) is 8.07. The van der Waals surface area contributed by atoms with E-state index in [0.29, 0.717) is 6.54 Å². The maximum absolute atomic E-state index is 11.2. The summed E-state index contributed by atoms with van der Waals surface area (Å²) in [4.78, 5) is 11.2. The van der Waals surface area contributed by atoms with Crippen LogP contribution in [0.4, 0.5) is 0 Å². The lowest BCUT2D eigenvalue weighted by Gasteiger charge is -2.19. The van der Waals surface area contributed by atoms with Crippen molar-refractivity contribution in [3.8, 4) is 0 Å². The Morgan fingerprint density at radius 1 is 1.31 bits per heavy atom. The van der Waals surface area contributed by atoms with Crippen molar-refractivity contribution < 1.29 is 19.0 Å². The van der Waals surface area contributed by atoms with Gasteiger partial charge in [-0.1, -0.05) is 0 Å². The summed E-state index contributed by atoms with van der Waals surface area (Å²) in [6.45, 7) is 0.606. The highest BCUT2D eigenvalue weighted by atomic mass is 16.5. The van der Waals surface area contributed by atoms with Crippen LogP contribution in [0, 0.1) is 0 Å². The third-order valence-electron chi connectivity index (χ3n) is 2.26. The molecule has 0 radical (unpaired) electrons. The van der Waals surface area contributed by atoms with Gasteiger partial charge in [0.05, 0.1) is 13.2 Å². The molecule has 1 heterocycles. The van der Waals surface area contributed by atoms with Gasteiger partial charge in [-0.15, -0.1) is 0 Å². The zero-order valence-electron chi connectivity index (χ0n) is 8.07. The molecular weight excluding hydrogens is 174 g/mol. The predicted octanol–water partition coefficient (Wildman–Crippen LogP) is -0.839. The van der Waals surface area contributed by atoms with Crippen molar-refractivity contribution in [2.75, 3.05) is 27.9 Å². The van der Waals surface area contributed by atoms with E-state index in [2.05, 4.69) is 10.1 Å². The van der Waals surface area contributed by atoms with Gasteiger partial charge in [0.15, 0.2) is 0 Å². The average molecular weight is 189 g/mol. The Balaban J connectivity index is 2.62. The molecule has 1 rings (SSSR count). The number of methoxy groups -OCH3 is 3. The molecule has 0 unspecified atom stereocenters. The molecule has 3 atom stereocenters. The largest absolute Gasteiger partial charge is 0.468 e. The highest BCUT2D eigenvalue weighted by Gasteiger charge is 2.41. The average Bonchev–Trinajstić information content (AvgIpc) is 2.58. The van der Waals surface area contributed by atoms with Gasteiger partial charge in [-0.3, -0.25) is 10.1 Å². The van der Waals surface area contributed by atoms with E-state index in [9.17, 15) is 4.79 Å². The van der Waals surface area contributed by atoms with Crippen molar-refractivity contribution in [1.29, 1.82) is 0 Å². The normalized spacial score (nSPS) is 33.3. The molecule has 0 amide bonds. The molecule has 1 fully saturated rings. The minimum atomic E-state index is -0.417.